The molecule has 10 nitrogen and oxygen atoms in total. The smallest absolute Gasteiger partial charge is 0.258 e. The van der Waals surface area contributed by atoms with Gasteiger partial charge in [-0.3, -0.25) is 15.5 Å². The maximum Gasteiger partial charge on any atom is 0.258 e. The van der Waals surface area contributed by atoms with Gasteiger partial charge in [0.1, 0.15) is 0 Å². The molecule has 0 saturated heterocycles. The highest BCUT2D eigenvalue weighted by Crippen LogP contribution is 2.26. The number of nitrogens with two attached hydrogens (primary N) is 2. The SMILES string of the molecule is CCCSc1nnc(NC(=O)CSc2nnc(NN)n2N)s1. The van der Waals surface area contributed by atoms with Gasteiger partial charge in [0.25, 0.3) is 5.95 Å². The number of hydrazine groups is 1. The second-order valence-corrected chi connectivity index (χ2v) is 7.14. The van der Waals surface area contributed by atoms with Crippen molar-refractivity contribution < 1.29 is 4.79 Å². The lowest BCUT2D eigenvalue weighted by Gasteiger charge is -2.02. The quantitative estimate of drug-likeness (QED) is 0.224. The molecular formula is C9H15N9OS3. The summed E-state index contributed by atoms with van der Waals surface area (Å²) in [7, 11) is 0. The number of anilines is 2. The van der Waals surface area contributed by atoms with Crippen molar-refractivity contribution >= 4 is 51.8 Å². The van der Waals surface area contributed by atoms with Crippen molar-refractivity contribution in [1.29, 1.82) is 0 Å². The number of hydrogen-bond donors (Lipinski definition) is 4. The third-order valence-electron chi connectivity index (χ3n) is 2.21. The molecule has 2 aromatic rings. The number of carbonyl (C=O) groups is 1. The average Bonchev–Trinajstić information content (AvgIpc) is 3.09. The van der Waals surface area contributed by atoms with Crippen LogP contribution in [0.4, 0.5) is 11.1 Å². The van der Waals surface area contributed by atoms with E-state index < -0.39 is 0 Å². The van der Waals surface area contributed by atoms with Crippen LogP contribution in [0, 0.1) is 0 Å². The number of hydrogen-bond acceptors (Lipinski definition) is 11. The van der Waals surface area contributed by atoms with Crippen LogP contribution >= 0.6 is 34.9 Å². The van der Waals surface area contributed by atoms with E-state index in [2.05, 4.69) is 38.1 Å². The van der Waals surface area contributed by atoms with Crippen LogP contribution in [-0.2, 0) is 4.79 Å². The van der Waals surface area contributed by atoms with Gasteiger partial charge in [-0.15, -0.1) is 20.4 Å². The van der Waals surface area contributed by atoms with Crippen molar-refractivity contribution in [2.75, 3.05) is 28.1 Å². The van der Waals surface area contributed by atoms with E-state index in [0.717, 1.165) is 28.3 Å². The molecule has 0 unspecified atom stereocenters. The van der Waals surface area contributed by atoms with Crippen molar-refractivity contribution in [1.82, 2.24) is 25.1 Å². The Morgan fingerprint density at radius 1 is 1.32 bits per heavy atom. The fourth-order valence-corrected chi connectivity index (χ4v) is 3.62. The Kier molecular flexibility index (Phi) is 6.23. The molecule has 6 N–H and O–H groups in total. The number of thioether (sulfide) groups is 2. The molecule has 2 rings (SSSR count). The van der Waals surface area contributed by atoms with E-state index in [0.29, 0.717) is 10.3 Å². The van der Waals surface area contributed by atoms with Gasteiger partial charge in [-0.05, 0) is 6.42 Å². The summed E-state index contributed by atoms with van der Waals surface area (Å²) in [5.41, 5.74) is 2.29. The molecule has 0 atom stereocenters. The molecule has 13 heteroatoms. The highest BCUT2D eigenvalue weighted by molar-refractivity contribution is 8.01. The first kappa shape index (κ1) is 16.8. The molecule has 0 saturated carbocycles. The predicted molar refractivity (Wildman–Crippen MR) is 88.3 cm³/mol. The number of rotatable bonds is 8. The van der Waals surface area contributed by atoms with Crippen LogP contribution in [0.3, 0.4) is 0 Å². The summed E-state index contributed by atoms with van der Waals surface area (Å²) < 4.78 is 2.01. The Morgan fingerprint density at radius 2 is 2.14 bits per heavy atom. The van der Waals surface area contributed by atoms with Crippen LogP contribution < -0.4 is 22.4 Å². The molecule has 22 heavy (non-hydrogen) atoms. The van der Waals surface area contributed by atoms with E-state index in [1.165, 1.54) is 16.0 Å². The monoisotopic (exact) mass is 361 g/mol. The molecule has 0 aliphatic rings. The zero-order valence-electron chi connectivity index (χ0n) is 11.6. The van der Waals surface area contributed by atoms with E-state index in [1.54, 1.807) is 11.8 Å². The van der Waals surface area contributed by atoms with Gasteiger partial charge in [0.05, 0.1) is 5.75 Å². The maximum absolute atomic E-state index is 11.9. The maximum atomic E-state index is 11.9. The molecule has 0 bridgehead atoms. The summed E-state index contributed by atoms with van der Waals surface area (Å²) in [6.07, 6.45) is 1.06. The average molecular weight is 361 g/mol. The van der Waals surface area contributed by atoms with Crippen LogP contribution in [0.15, 0.2) is 9.50 Å². The molecule has 0 aromatic carbocycles. The van der Waals surface area contributed by atoms with Gasteiger partial charge in [-0.1, -0.05) is 41.8 Å². The van der Waals surface area contributed by atoms with E-state index >= 15 is 0 Å². The first-order valence-electron chi connectivity index (χ1n) is 6.20. The third-order valence-corrected chi connectivity index (χ3v) is 5.33. The zero-order chi connectivity index (χ0) is 15.9. The normalized spacial score (nSPS) is 10.6. The van der Waals surface area contributed by atoms with Crippen molar-refractivity contribution in [2.24, 2.45) is 5.84 Å². The number of aromatic nitrogens is 5. The number of carbonyl (C=O) groups excluding carboxylic acids is 1. The summed E-state index contributed by atoms with van der Waals surface area (Å²) in [5, 5.41) is 19.0. The lowest BCUT2D eigenvalue weighted by atomic mass is 10.6. The molecule has 2 heterocycles. The van der Waals surface area contributed by atoms with Crippen LogP contribution in [0.1, 0.15) is 13.3 Å². The van der Waals surface area contributed by atoms with E-state index in [9.17, 15) is 4.79 Å². The molecular weight excluding hydrogens is 346 g/mol. The highest BCUT2D eigenvalue weighted by atomic mass is 32.2. The summed E-state index contributed by atoms with van der Waals surface area (Å²) >= 11 is 4.11. The van der Waals surface area contributed by atoms with Crippen LogP contribution in [-0.4, -0.2) is 42.5 Å². The standard InChI is InChI=1S/C9H15N9OS3/c1-2-3-20-9-17-15-7(22-9)12-5(19)4-21-8-16-14-6(13-10)18(8)11/h2-4,10-11H2,1H3,(H,13,14)(H,12,15,19). The number of nitrogens with zero attached hydrogens (tertiary/aromatic N) is 5. The van der Waals surface area contributed by atoms with Gasteiger partial charge in [0.15, 0.2) is 4.34 Å². The first-order valence-corrected chi connectivity index (χ1v) is 8.98. The minimum absolute atomic E-state index is 0.122. The second kappa shape index (κ2) is 8.17. The summed E-state index contributed by atoms with van der Waals surface area (Å²) in [5.74, 6) is 12.0. The Hall–Kier alpha value is -1.57. The molecule has 2 aromatic heterocycles. The fraction of sp³-hybridized carbons (Fsp3) is 0.444. The van der Waals surface area contributed by atoms with Gasteiger partial charge >= 0.3 is 0 Å². The summed E-state index contributed by atoms with van der Waals surface area (Å²) in [6, 6.07) is 0. The van der Waals surface area contributed by atoms with E-state index in [4.69, 9.17) is 11.7 Å². The van der Waals surface area contributed by atoms with E-state index in [-0.39, 0.29) is 17.6 Å². The van der Waals surface area contributed by atoms with Crippen molar-refractivity contribution in [2.45, 2.75) is 22.8 Å². The number of amides is 1. The Labute approximate surface area is 138 Å². The van der Waals surface area contributed by atoms with Crippen molar-refractivity contribution in [3.05, 3.63) is 0 Å². The van der Waals surface area contributed by atoms with Crippen LogP contribution in [0.2, 0.25) is 0 Å². The first-order chi connectivity index (χ1) is 10.6. The van der Waals surface area contributed by atoms with Crippen molar-refractivity contribution in [3.63, 3.8) is 0 Å². The fourth-order valence-electron chi connectivity index (χ4n) is 1.27. The van der Waals surface area contributed by atoms with Crippen LogP contribution in [0.25, 0.3) is 0 Å². The number of nitrogen functional groups attached to an aromatic ring is 2. The Bertz CT molecular complexity index is 628. The molecule has 0 radical (unpaired) electrons. The third kappa shape index (κ3) is 4.46. The zero-order valence-corrected chi connectivity index (χ0v) is 14.1. The van der Waals surface area contributed by atoms with Crippen molar-refractivity contribution in [3.8, 4) is 0 Å². The largest absolute Gasteiger partial charge is 0.334 e. The summed E-state index contributed by atoms with van der Waals surface area (Å²) in [6.45, 7) is 2.09. The number of nitrogens with one attached hydrogen (secondary N) is 2. The lowest BCUT2D eigenvalue weighted by Crippen LogP contribution is -2.19. The minimum atomic E-state index is -0.224. The van der Waals surface area contributed by atoms with Gasteiger partial charge in [-0.25, -0.2) is 10.5 Å². The lowest BCUT2D eigenvalue weighted by molar-refractivity contribution is -0.113. The molecule has 0 spiro atoms. The highest BCUT2D eigenvalue weighted by Gasteiger charge is 2.13. The van der Waals surface area contributed by atoms with Gasteiger partial charge in [-0.2, -0.15) is 0 Å². The molecule has 0 aliphatic heterocycles. The topological polar surface area (TPSA) is 150 Å². The molecule has 120 valence electrons. The van der Waals surface area contributed by atoms with Crippen LogP contribution in [0.5, 0.6) is 0 Å². The Morgan fingerprint density at radius 3 is 2.82 bits per heavy atom. The molecule has 0 fully saturated rings. The summed E-state index contributed by atoms with van der Waals surface area (Å²) in [4.78, 5) is 11.9. The predicted octanol–water partition coefficient (Wildman–Crippen LogP) is 0.362. The molecule has 0 aliphatic carbocycles. The minimum Gasteiger partial charge on any atom is -0.334 e. The van der Waals surface area contributed by atoms with Gasteiger partial charge < -0.3 is 5.84 Å². The van der Waals surface area contributed by atoms with Gasteiger partial charge in [0, 0.05) is 5.75 Å². The van der Waals surface area contributed by atoms with E-state index in [1.807, 2.05) is 0 Å². The molecule has 1 amide bonds. The second-order valence-electron chi connectivity index (χ2n) is 3.88. The Balaban J connectivity index is 1.82. The van der Waals surface area contributed by atoms with Gasteiger partial charge in [0.2, 0.25) is 16.2 Å².